The van der Waals surface area contributed by atoms with E-state index in [2.05, 4.69) is 26.9 Å². The minimum atomic E-state index is -0.878. The number of nitrogens with zero attached hydrogens (tertiary/aromatic N) is 3. The lowest BCUT2D eigenvalue weighted by Gasteiger charge is -2.42. The van der Waals surface area contributed by atoms with Crippen LogP contribution >= 0.6 is 11.3 Å². The molecule has 3 aromatic heterocycles. The highest BCUT2D eigenvalue weighted by atomic mass is 32.1. The van der Waals surface area contributed by atoms with E-state index in [-0.39, 0.29) is 29.2 Å². The predicted octanol–water partition coefficient (Wildman–Crippen LogP) is 6.79. The molecule has 1 saturated carbocycles. The summed E-state index contributed by atoms with van der Waals surface area (Å²) in [6.07, 6.45) is 4.13. The molecule has 7 heterocycles. The van der Waals surface area contributed by atoms with Crippen molar-refractivity contribution in [3.05, 3.63) is 127 Å². The number of hydrogen-bond acceptors (Lipinski definition) is 8. The molecule has 3 N–H and O–H groups in total. The fraction of sp³-hybridized carbons (Fsp3) is 0.316. The average molecular weight is 709 g/mol. The summed E-state index contributed by atoms with van der Waals surface area (Å²) < 4.78 is 48.6. The lowest BCUT2D eigenvalue weighted by molar-refractivity contribution is -0.127. The largest absolute Gasteiger partial charge is 0.434 e. The predicted molar refractivity (Wildman–Crippen MR) is 184 cm³/mol. The van der Waals surface area contributed by atoms with E-state index < -0.39 is 23.3 Å². The highest BCUT2D eigenvalue weighted by Gasteiger charge is 2.66. The topological polar surface area (TPSA) is 116 Å². The molecule has 2 bridgehead atoms. The van der Waals surface area contributed by atoms with Crippen molar-refractivity contribution in [2.24, 2.45) is 5.92 Å². The minimum Gasteiger partial charge on any atom is -0.388 e. The van der Waals surface area contributed by atoms with Crippen LogP contribution in [0.4, 0.5) is 19.0 Å². The van der Waals surface area contributed by atoms with Gasteiger partial charge in [-0.15, -0.1) is 16.4 Å². The third kappa shape index (κ3) is 4.59. The molecular formula is C38H31F3N6O3S. The van der Waals surface area contributed by atoms with Crippen LogP contribution in [0.2, 0.25) is 0 Å². The fourth-order valence-electron chi connectivity index (χ4n) is 9.14. The van der Waals surface area contributed by atoms with Gasteiger partial charge in [-0.3, -0.25) is 4.79 Å². The van der Waals surface area contributed by atoms with Crippen molar-refractivity contribution in [3.8, 4) is 0 Å². The molecular weight excluding hydrogens is 678 g/mol. The van der Waals surface area contributed by atoms with Gasteiger partial charge < -0.3 is 20.0 Å². The number of aryl methyl sites for hydroxylation is 3. The van der Waals surface area contributed by atoms with E-state index in [1.54, 1.807) is 12.1 Å². The van der Waals surface area contributed by atoms with Crippen LogP contribution < -0.4 is 16.4 Å². The Bertz CT molecular complexity index is 2440. The molecule has 2 aliphatic carbocycles. The number of halogens is 3. The van der Waals surface area contributed by atoms with Gasteiger partial charge in [-0.25, -0.2) is 28.0 Å². The summed E-state index contributed by atoms with van der Waals surface area (Å²) in [4.78, 5) is 34.6. The SMILES string of the molecule is Cc1cc2cc(C3C4=C(NC(CCc5ccc(F)cc5)=C3c3n[nH]c(=O)o3)C35CC(CN3C4=O)C5)sc2c(N[C@@H]2CCc3cc(F)c(F)cc32)n1. The Hall–Kier alpha value is -5.17. The van der Waals surface area contributed by atoms with Crippen LogP contribution in [0.25, 0.3) is 15.7 Å². The monoisotopic (exact) mass is 708 g/mol. The molecule has 2 atom stereocenters. The van der Waals surface area contributed by atoms with Gasteiger partial charge in [0.2, 0.25) is 5.89 Å². The number of dihydropyridines is 1. The van der Waals surface area contributed by atoms with E-state index in [1.807, 2.05) is 17.9 Å². The summed E-state index contributed by atoms with van der Waals surface area (Å²) in [5.41, 5.74) is 5.74. The van der Waals surface area contributed by atoms with Crippen LogP contribution in [0.5, 0.6) is 0 Å². The van der Waals surface area contributed by atoms with Gasteiger partial charge in [0, 0.05) is 28.4 Å². The summed E-state index contributed by atoms with van der Waals surface area (Å²) in [6.45, 7) is 2.61. The molecule has 1 spiro atoms. The van der Waals surface area contributed by atoms with Gasteiger partial charge in [-0.1, -0.05) is 12.1 Å². The van der Waals surface area contributed by atoms with Crippen molar-refractivity contribution >= 4 is 38.7 Å². The number of H-pyrrole nitrogens is 1. The smallest absolute Gasteiger partial charge is 0.388 e. The highest BCUT2D eigenvalue weighted by molar-refractivity contribution is 7.19. The quantitative estimate of drug-likeness (QED) is 0.171. The second-order valence-corrected chi connectivity index (χ2v) is 15.5. The lowest BCUT2D eigenvalue weighted by atomic mass is 9.69. The number of nitrogens with one attached hydrogen (secondary N) is 3. The number of fused-ring (bicyclic) bond motifs is 2. The second-order valence-electron chi connectivity index (χ2n) is 14.4. The maximum absolute atomic E-state index is 14.4. The van der Waals surface area contributed by atoms with E-state index in [9.17, 15) is 22.8 Å². The van der Waals surface area contributed by atoms with Crippen molar-refractivity contribution in [1.82, 2.24) is 25.4 Å². The lowest BCUT2D eigenvalue weighted by Crippen LogP contribution is -2.48. The van der Waals surface area contributed by atoms with Gasteiger partial charge in [0.25, 0.3) is 5.91 Å². The van der Waals surface area contributed by atoms with Crippen molar-refractivity contribution < 1.29 is 22.4 Å². The van der Waals surface area contributed by atoms with E-state index in [0.29, 0.717) is 55.1 Å². The zero-order chi connectivity index (χ0) is 34.8. The van der Waals surface area contributed by atoms with Gasteiger partial charge in [0.05, 0.1) is 33.5 Å². The number of aromatic amines is 1. The number of rotatable bonds is 7. The molecule has 4 aliphatic heterocycles. The molecule has 1 unspecified atom stereocenters. The highest BCUT2D eigenvalue weighted by Crippen LogP contribution is 2.62. The van der Waals surface area contributed by atoms with Crippen LogP contribution in [0.15, 0.2) is 74.7 Å². The molecule has 51 heavy (non-hydrogen) atoms. The number of allylic oxidation sites excluding steroid dienone is 2. The second kappa shape index (κ2) is 10.9. The number of carbonyl (C=O) groups is 1. The molecule has 5 aromatic rings. The molecule has 6 aliphatic rings. The molecule has 2 aromatic carbocycles. The zero-order valence-corrected chi connectivity index (χ0v) is 28.2. The van der Waals surface area contributed by atoms with Gasteiger partial charge in [0.1, 0.15) is 11.6 Å². The molecule has 1 amide bonds. The maximum Gasteiger partial charge on any atom is 0.434 e. The van der Waals surface area contributed by atoms with Gasteiger partial charge >= 0.3 is 5.76 Å². The number of pyridine rings is 1. The fourth-order valence-corrected chi connectivity index (χ4v) is 10.4. The van der Waals surface area contributed by atoms with E-state index in [1.165, 1.54) is 35.6 Å². The first-order chi connectivity index (χ1) is 24.6. The first-order valence-electron chi connectivity index (χ1n) is 17.2. The Kier molecular flexibility index (Phi) is 6.56. The first-order valence-corrected chi connectivity index (χ1v) is 18.0. The number of thiophene rings is 1. The molecule has 2 saturated heterocycles. The Morgan fingerprint density at radius 2 is 1.84 bits per heavy atom. The zero-order valence-electron chi connectivity index (χ0n) is 27.4. The van der Waals surface area contributed by atoms with E-state index in [0.717, 1.165) is 61.6 Å². The van der Waals surface area contributed by atoms with Crippen molar-refractivity contribution in [2.75, 3.05) is 11.9 Å². The van der Waals surface area contributed by atoms with Gasteiger partial charge in [-0.2, -0.15) is 0 Å². The summed E-state index contributed by atoms with van der Waals surface area (Å²) >= 11 is 1.50. The van der Waals surface area contributed by atoms with Crippen molar-refractivity contribution in [3.63, 3.8) is 0 Å². The third-order valence-corrected chi connectivity index (χ3v) is 12.6. The molecule has 0 radical (unpaired) electrons. The Morgan fingerprint density at radius 1 is 1.04 bits per heavy atom. The van der Waals surface area contributed by atoms with E-state index in [4.69, 9.17) is 9.40 Å². The molecule has 9 nitrogen and oxygen atoms in total. The Labute approximate surface area is 293 Å². The molecule has 13 heteroatoms. The number of hydrogen-bond donors (Lipinski definition) is 3. The van der Waals surface area contributed by atoms with Crippen LogP contribution in [0.1, 0.15) is 70.8 Å². The summed E-state index contributed by atoms with van der Waals surface area (Å²) in [7, 11) is 0. The van der Waals surface area contributed by atoms with Gasteiger partial charge in [-0.05, 0) is 110 Å². The summed E-state index contributed by atoms with van der Waals surface area (Å²) in [5, 5.41) is 14.8. The first kappa shape index (κ1) is 30.6. The number of amides is 1. The van der Waals surface area contributed by atoms with Gasteiger partial charge in [0.15, 0.2) is 11.6 Å². The minimum absolute atomic E-state index is 0.0302. The number of anilines is 1. The number of aromatic nitrogens is 3. The van der Waals surface area contributed by atoms with Crippen LogP contribution in [-0.2, 0) is 17.6 Å². The third-order valence-electron chi connectivity index (χ3n) is 11.3. The van der Waals surface area contributed by atoms with Crippen LogP contribution in [0.3, 0.4) is 0 Å². The maximum atomic E-state index is 14.4. The van der Waals surface area contributed by atoms with E-state index >= 15 is 0 Å². The van der Waals surface area contributed by atoms with Crippen LogP contribution in [-0.4, -0.2) is 38.1 Å². The molecule has 258 valence electrons. The molecule has 3 fully saturated rings. The standard InChI is InChI=1S/C38H31F3N6O3S/c1-17-10-21-12-28(51-32(21)34(42-17)44-26-9-5-20-11-24(40)25(41)13-23(20)26)30-29(35-45-46-37(49)50-35)27(8-4-18-2-6-22(39)7-3-18)43-33-31(30)36(48)47-16-19-14-38(33,47)15-19/h2-3,6-7,10-13,19,26,30,43H,4-5,8-9,14-16H2,1H3,(H,42,44)(H,46,49)/t19?,26-,30?,38?/m1/s1. The number of carbonyl (C=O) groups excluding carboxylic acids is 1. The van der Waals surface area contributed by atoms with Crippen molar-refractivity contribution in [1.29, 1.82) is 0 Å². The van der Waals surface area contributed by atoms with Crippen LogP contribution in [0, 0.1) is 30.3 Å². The Morgan fingerprint density at radius 3 is 2.63 bits per heavy atom. The number of benzene rings is 2. The molecule has 11 rings (SSSR count). The summed E-state index contributed by atoms with van der Waals surface area (Å²) in [6, 6.07) is 12.7. The van der Waals surface area contributed by atoms with Crippen molar-refractivity contribution in [2.45, 2.75) is 62.9 Å². The normalized spacial score (nSPS) is 24.6. The summed E-state index contributed by atoms with van der Waals surface area (Å²) in [5.74, 6) is -2.18. The average Bonchev–Trinajstić information content (AvgIpc) is 3.94. The Balaban J connectivity index is 1.12.